The lowest BCUT2D eigenvalue weighted by Gasteiger charge is -2.19. The number of carbonyl (C=O) groups excluding carboxylic acids is 2. The second-order valence-corrected chi connectivity index (χ2v) is 6.04. The Bertz CT molecular complexity index is 942. The van der Waals surface area contributed by atoms with E-state index >= 15 is 0 Å². The van der Waals surface area contributed by atoms with Crippen LogP contribution in [0.3, 0.4) is 0 Å². The quantitative estimate of drug-likeness (QED) is 0.444. The first-order chi connectivity index (χ1) is 13.9. The molecular formula is C19H18N2O8. The molecule has 152 valence electrons. The maximum Gasteiger partial charge on any atom is 0.346 e. The number of nitro benzene ring substituents is 1. The van der Waals surface area contributed by atoms with E-state index in [9.17, 15) is 19.7 Å². The summed E-state index contributed by atoms with van der Waals surface area (Å²) < 4.78 is 20.8. The van der Waals surface area contributed by atoms with Crippen LogP contribution < -0.4 is 19.5 Å². The lowest BCUT2D eigenvalue weighted by atomic mass is 10.1. The molecule has 0 saturated carbocycles. The van der Waals surface area contributed by atoms with Crippen molar-refractivity contribution in [1.82, 2.24) is 0 Å². The smallest absolute Gasteiger partial charge is 0.346 e. The Balaban J connectivity index is 1.73. The van der Waals surface area contributed by atoms with Crippen molar-refractivity contribution < 1.29 is 33.5 Å². The molecular weight excluding hydrogens is 384 g/mol. The van der Waals surface area contributed by atoms with Gasteiger partial charge in [-0.25, -0.2) is 4.79 Å². The second kappa shape index (κ2) is 8.46. The third-order valence-corrected chi connectivity index (χ3v) is 4.09. The largest absolute Gasteiger partial charge is 0.497 e. The van der Waals surface area contributed by atoms with Gasteiger partial charge in [0.25, 0.3) is 11.6 Å². The summed E-state index contributed by atoms with van der Waals surface area (Å²) in [5, 5.41) is 13.9. The zero-order chi connectivity index (χ0) is 21.0. The Morgan fingerprint density at radius 1 is 1.14 bits per heavy atom. The van der Waals surface area contributed by atoms with Gasteiger partial charge in [0.15, 0.2) is 17.6 Å². The predicted octanol–water partition coefficient (Wildman–Crippen LogP) is 2.56. The van der Waals surface area contributed by atoms with Crippen LogP contribution in [0.1, 0.15) is 17.3 Å². The molecule has 2 aromatic rings. The number of rotatable bonds is 6. The van der Waals surface area contributed by atoms with E-state index in [1.807, 2.05) is 0 Å². The number of benzene rings is 2. The molecule has 1 N–H and O–H groups in total. The minimum atomic E-state index is -1.20. The van der Waals surface area contributed by atoms with E-state index in [0.717, 1.165) is 6.07 Å². The third-order valence-electron chi connectivity index (χ3n) is 4.09. The number of nitro groups is 1. The number of anilines is 1. The summed E-state index contributed by atoms with van der Waals surface area (Å²) in [6, 6.07) is 8.85. The molecule has 1 amide bonds. The molecule has 1 atom stereocenters. The van der Waals surface area contributed by atoms with E-state index in [4.69, 9.17) is 18.9 Å². The van der Waals surface area contributed by atoms with Gasteiger partial charge in [-0.2, -0.15) is 0 Å². The monoisotopic (exact) mass is 402 g/mol. The number of ether oxygens (including phenoxy) is 4. The molecule has 0 unspecified atom stereocenters. The highest BCUT2D eigenvalue weighted by molar-refractivity contribution is 5.99. The molecule has 10 heteroatoms. The van der Waals surface area contributed by atoms with Gasteiger partial charge in [-0.05, 0) is 31.2 Å². The van der Waals surface area contributed by atoms with Crippen molar-refractivity contribution in [1.29, 1.82) is 0 Å². The van der Waals surface area contributed by atoms with Gasteiger partial charge in [0.05, 0.1) is 18.1 Å². The first-order valence-corrected chi connectivity index (χ1v) is 8.63. The molecule has 3 rings (SSSR count). The second-order valence-electron chi connectivity index (χ2n) is 6.04. The summed E-state index contributed by atoms with van der Waals surface area (Å²) in [4.78, 5) is 35.4. The zero-order valence-electron chi connectivity index (χ0n) is 15.7. The Morgan fingerprint density at radius 2 is 1.76 bits per heavy atom. The van der Waals surface area contributed by atoms with Crippen LogP contribution >= 0.6 is 0 Å². The van der Waals surface area contributed by atoms with E-state index in [-0.39, 0.29) is 30.3 Å². The molecule has 1 aliphatic rings. The summed E-state index contributed by atoms with van der Waals surface area (Å²) in [7, 11) is 1.52. The lowest BCUT2D eigenvalue weighted by Crippen LogP contribution is -2.30. The van der Waals surface area contributed by atoms with Gasteiger partial charge in [0.2, 0.25) is 0 Å². The normalized spacial score (nSPS) is 13.2. The van der Waals surface area contributed by atoms with Gasteiger partial charge in [-0.1, -0.05) is 0 Å². The molecule has 0 radical (unpaired) electrons. The maximum atomic E-state index is 12.5. The van der Waals surface area contributed by atoms with Crippen LogP contribution in [0.4, 0.5) is 11.4 Å². The summed E-state index contributed by atoms with van der Waals surface area (Å²) >= 11 is 0. The number of esters is 1. The van der Waals surface area contributed by atoms with Crippen LogP contribution in [-0.4, -0.2) is 43.2 Å². The van der Waals surface area contributed by atoms with Crippen LogP contribution in [0.25, 0.3) is 0 Å². The highest BCUT2D eigenvalue weighted by atomic mass is 16.6. The average molecular weight is 402 g/mol. The number of nitrogens with one attached hydrogen (secondary N) is 1. The number of nitrogens with zero attached hydrogens (tertiary/aromatic N) is 1. The fourth-order valence-electron chi connectivity index (χ4n) is 2.59. The Labute approximate surface area is 165 Å². The number of fused-ring (bicyclic) bond motifs is 1. The molecule has 0 fully saturated rings. The van der Waals surface area contributed by atoms with Gasteiger partial charge < -0.3 is 24.3 Å². The number of hydrogen-bond donors (Lipinski definition) is 1. The van der Waals surface area contributed by atoms with Gasteiger partial charge >= 0.3 is 5.97 Å². The Kier molecular flexibility index (Phi) is 5.82. The van der Waals surface area contributed by atoms with Crippen molar-refractivity contribution in [3.8, 4) is 17.2 Å². The number of hydrogen-bond acceptors (Lipinski definition) is 8. The van der Waals surface area contributed by atoms with Crippen molar-refractivity contribution >= 4 is 23.3 Å². The molecule has 0 bridgehead atoms. The predicted molar refractivity (Wildman–Crippen MR) is 101 cm³/mol. The first kappa shape index (κ1) is 19.9. The highest BCUT2D eigenvalue weighted by Gasteiger charge is 2.29. The topological polar surface area (TPSA) is 126 Å². The number of methoxy groups -OCH3 is 1. The Hall–Kier alpha value is -3.82. The summed E-state index contributed by atoms with van der Waals surface area (Å²) in [5.41, 5.74) is -0.352. The van der Waals surface area contributed by atoms with Gasteiger partial charge in [-0.15, -0.1) is 0 Å². The fraction of sp³-hybridized carbons (Fsp3) is 0.263. The molecule has 0 aliphatic carbocycles. The molecule has 2 aromatic carbocycles. The fourth-order valence-corrected chi connectivity index (χ4v) is 2.59. The molecule has 0 aromatic heterocycles. The molecule has 10 nitrogen and oxygen atoms in total. The SMILES string of the molecule is COc1ccc(NC(=O)[C@@H](C)OC(=O)c2cc3c(cc2[N+](=O)[O-])OCCO3)cc1. The van der Waals surface area contributed by atoms with Crippen LogP contribution in [0, 0.1) is 10.1 Å². The van der Waals surface area contributed by atoms with Crippen molar-refractivity contribution in [3.63, 3.8) is 0 Å². The lowest BCUT2D eigenvalue weighted by molar-refractivity contribution is -0.385. The molecule has 1 aliphatic heterocycles. The van der Waals surface area contributed by atoms with Crippen LogP contribution in [0.15, 0.2) is 36.4 Å². The van der Waals surface area contributed by atoms with E-state index < -0.39 is 28.6 Å². The number of amides is 1. The summed E-state index contributed by atoms with van der Waals surface area (Å²) in [6.07, 6.45) is -1.20. The first-order valence-electron chi connectivity index (χ1n) is 8.63. The summed E-state index contributed by atoms with van der Waals surface area (Å²) in [6.45, 7) is 1.86. The van der Waals surface area contributed by atoms with Crippen LogP contribution in [0.2, 0.25) is 0 Å². The molecule has 1 heterocycles. The highest BCUT2D eigenvalue weighted by Crippen LogP contribution is 2.37. The minimum absolute atomic E-state index is 0.171. The zero-order valence-corrected chi connectivity index (χ0v) is 15.7. The van der Waals surface area contributed by atoms with Crippen molar-refractivity contribution in [2.24, 2.45) is 0 Å². The minimum Gasteiger partial charge on any atom is -0.497 e. The summed E-state index contributed by atoms with van der Waals surface area (Å²) in [5.74, 6) is -0.628. The van der Waals surface area contributed by atoms with E-state index in [1.54, 1.807) is 24.3 Å². The standard InChI is InChI=1S/C19H18N2O8/c1-11(18(22)20-12-3-5-13(26-2)6-4-12)29-19(23)14-9-16-17(28-8-7-27-16)10-15(14)21(24)25/h3-6,9-11H,7-8H2,1-2H3,(H,20,22)/t11-/m1/s1. The molecule has 29 heavy (non-hydrogen) atoms. The number of carbonyl (C=O) groups is 2. The van der Waals surface area contributed by atoms with Crippen molar-refractivity contribution in [2.75, 3.05) is 25.6 Å². The third kappa shape index (κ3) is 4.54. The van der Waals surface area contributed by atoms with E-state index in [2.05, 4.69) is 5.32 Å². The van der Waals surface area contributed by atoms with Crippen LogP contribution in [0.5, 0.6) is 17.2 Å². The maximum absolute atomic E-state index is 12.5. The Morgan fingerprint density at radius 3 is 2.34 bits per heavy atom. The van der Waals surface area contributed by atoms with E-state index in [1.165, 1.54) is 20.1 Å². The van der Waals surface area contributed by atoms with Gasteiger partial charge in [0.1, 0.15) is 24.5 Å². The van der Waals surface area contributed by atoms with Gasteiger partial charge in [-0.3, -0.25) is 14.9 Å². The van der Waals surface area contributed by atoms with E-state index in [0.29, 0.717) is 11.4 Å². The van der Waals surface area contributed by atoms with Crippen molar-refractivity contribution in [3.05, 3.63) is 52.1 Å². The van der Waals surface area contributed by atoms with Crippen LogP contribution in [-0.2, 0) is 9.53 Å². The average Bonchev–Trinajstić information content (AvgIpc) is 2.73. The molecule has 0 saturated heterocycles. The molecule has 0 spiro atoms. The van der Waals surface area contributed by atoms with Crippen molar-refractivity contribution in [2.45, 2.75) is 13.0 Å². The van der Waals surface area contributed by atoms with Gasteiger partial charge in [0, 0.05) is 11.8 Å².